The smallest absolute Gasteiger partial charge is 0.308 e. The molecule has 1 N–H and O–H groups in total. The number of benzene rings is 2. The van der Waals surface area contributed by atoms with E-state index >= 15 is 0 Å². The third kappa shape index (κ3) is 8.00. The van der Waals surface area contributed by atoms with Crippen LogP contribution < -0.4 is 5.32 Å². The summed E-state index contributed by atoms with van der Waals surface area (Å²) in [6.07, 6.45) is 1.84. The number of ether oxygens (including phenoxy) is 4. The number of ketones is 2. The number of hydrogen-bond donors (Lipinski definition) is 1. The Morgan fingerprint density at radius 1 is 0.857 bits per heavy atom. The second kappa shape index (κ2) is 15.6. The van der Waals surface area contributed by atoms with Gasteiger partial charge in [-0.25, -0.2) is 0 Å². The zero-order valence-electron chi connectivity index (χ0n) is 27.0. The summed E-state index contributed by atoms with van der Waals surface area (Å²) in [5, 5.41) is 3.84. The molecule has 0 saturated carbocycles. The lowest BCUT2D eigenvalue weighted by atomic mass is 9.91. The van der Waals surface area contributed by atoms with E-state index in [0.29, 0.717) is 52.3 Å². The Morgan fingerprint density at radius 3 is 1.86 bits per heavy atom. The van der Waals surface area contributed by atoms with E-state index in [0.717, 1.165) is 6.92 Å². The van der Waals surface area contributed by atoms with E-state index in [9.17, 15) is 28.8 Å². The highest BCUT2D eigenvalue weighted by atomic mass is 79.9. The molecule has 15 heteroatoms. The van der Waals surface area contributed by atoms with Gasteiger partial charge in [0.25, 0.3) is 11.6 Å². The summed E-state index contributed by atoms with van der Waals surface area (Å²) in [6.45, 7) is 5.82. The molecule has 5 rings (SSSR count). The second-order valence-corrected chi connectivity index (χ2v) is 13.0. The summed E-state index contributed by atoms with van der Waals surface area (Å²) in [6, 6.07) is 13.5. The summed E-state index contributed by atoms with van der Waals surface area (Å²) in [5.74, 6) is -3.78. The van der Waals surface area contributed by atoms with Crippen molar-refractivity contribution in [1.82, 2.24) is 10.2 Å². The van der Waals surface area contributed by atoms with Crippen molar-refractivity contribution in [3.8, 4) is 0 Å². The number of carbonyl (C=O) groups is 6. The van der Waals surface area contributed by atoms with Gasteiger partial charge in [0.2, 0.25) is 46.3 Å². The summed E-state index contributed by atoms with van der Waals surface area (Å²) >= 11 is 15.6. The summed E-state index contributed by atoms with van der Waals surface area (Å²) in [7, 11) is 0. The zero-order valence-corrected chi connectivity index (χ0v) is 30.1. The minimum atomic E-state index is -1.50. The molecule has 2 aromatic carbocycles. The van der Waals surface area contributed by atoms with Crippen LogP contribution in [0.4, 0.5) is 0 Å². The first-order chi connectivity index (χ1) is 23.1. The molecule has 3 heterocycles. The molecular formula is C34H33BrCl2N2O10. The molecule has 0 aliphatic carbocycles. The number of rotatable bonds is 9. The van der Waals surface area contributed by atoms with Gasteiger partial charge >= 0.3 is 11.9 Å². The van der Waals surface area contributed by atoms with E-state index in [1.165, 1.54) is 18.7 Å². The number of hydrogen-bond acceptors (Lipinski definition) is 10. The van der Waals surface area contributed by atoms with Gasteiger partial charge < -0.3 is 18.9 Å². The maximum absolute atomic E-state index is 12.9. The molecule has 0 spiro atoms. The number of amides is 2. The molecule has 2 aromatic rings. The van der Waals surface area contributed by atoms with E-state index in [1.54, 1.807) is 55.5 Å². The average Bonchev–Trinajstić information content (AvgIpc) is 3.65. The maximum Gasteiger partial charge on any atom is 0.308 e. The third-order valence-corrected chi connectivity index (χ3v) is 8.88. The zero-order chi connectivity index (χ0) is 36.1. The predicted molar refractivity (Wildman–Crippen MR) is 179 cm³/mol. The van der Waals surface area contributed by atoms with Crippen molar-refractivity contribution in [2.45, 2.75) is 64.6 Å². The van der Waals surface area contributed by atoms with Gasteiger partial charge in [-0.2, -0.15) is 0 Å². The minimum absolute atomic E-state index is 0.0138. The number of nitrogens with one attached hydrogen (secondary N) is 1. The molecule has 0 radical (unpaired) electrons. The van der Waals surface area contributed by atoms with Crippen LogP contribution in [0.15, 0.2) is 71.8 Å². The highest BCUT2D eigenvalue weighted by Crippen LogP contribution is 2.44. The summed E-state index contributed by atoms with van der Waals surface area (Å²) in [5.41, 5.74) is -2.10. The highest BCUT2D eigenvalue weighted by Gasteiger charge is 2.53. The number of alkyl halides is 1. The van der Waals surface area contributed by atoms with Gasteiger partial charge in [0, 0.05) is 59.7 Å². The molecule has 2 unspecified atom stereocenters. The van der Waals surface area contributed by atoms with E-state index < -0.39 is 34.7 Å². The van der Waals surface area contributed by atoms with Gasteiger partial charge in [-0.3, -0.25) is 39.0 Å². The number of Topliss-reactive ketones (excluding diaryl/α,β-unsaturated/α-hetero) is 2. The van der Waals surface area contributed by atoms with Crippen LogP contribution in [0.2, 0.25) is 10.0 Å². The van der Waals surface area contributed by atoms with E-state index in [-0.39, 0.29) is 41.5 Å². The fraction of sp³-hybridized carbons (Fsp3) is 0.353. The Bertz CT molecular complexity index is 1780. The Balaban J connectivity index is 0.000000221. The molecule has 1 saturated heterocycles. The van der Waals surface area contributed by atoms with Gasteiger partial charge in [-0.1, -0.05) is 75.5 Å². The third-order valence-electron chi connectivity index (χ3n) is 7.66. The molecule has 12 nitrogen and oxygen atoms in total. The Labute approximate surface area is 300 Å². The molecule has 260 valence electrons. The van der Waals surface area contributed by atoms with Crippen LogP contribution in [0.5, 0.6) is 0 Å². The number of esters is 2. The molecule has 1 fully saturated rings. The van der Waals surface area contributed by atoms with Crippen molar-refractivity contribution in [2.75, 3.05) is 11.9 Å². The molecular weight excluding hydrogens is 747 g/mol. The van der Waals surface area contributed by atoms with Crippen molar-refractivity contribution in [3.05, 3.63) is 93.0 Å². The van der Waals surface area contributed by atoms with Crippen LogP contribution in [0.25, 0.3) is 0 Å². The Hall–Kier alpha value is -4.20. The lowest BCUT2D eigenvalue weighted by molar-refractivity contribution is -0.142. The summed E-state index contributed by atoms with van der Waals surface area (Å²) < 4.78 is 21.7. The van der Waals surface area contributed by atoms with Crippen LogP contribution >= 0.6 is 39.1 Å². The van der Waals surface area contributed by atoms with Crippen LogP contribution in [0, 0.1) is 0 Å². The molecule has 2 atom stereocenters. The van der Waals surface area contributed by atoms with Gasteiger partial charge in [-0.05, 0) is 38.8 Å². The summed E-state index contributed by atoms with van der Waals surface area (Å²) in [4.78, 5) is 73.9. The maximum atomic E-state index is 12.9. The topological polar surface area (TPSA) is 155 Å². The first kappa shape index (κ1) is 37.6. The molecule has 2 amide bonds. The van der Waals surface area contributed by atoms with Gasteiger partial charge in [-0.15, -0.1) is 0 Å². The molecule has 0 bridgehead atoms. The number of halogens is 3. The molecule has 3 aliphatic rings. The number of nitrogens with zero attached hydrogens (tertiary/aromatic N) is 1. The number of likely N-dealkylation sites (tertiary alicyclic amines) is 1. The molecule has 3 aliphatic heterocycles. The van der Waals surface area contributed by atoms with Crippen molar-refractivity contribution in [3.63, 3.8) is 0 Å². The SMILES string of the molecule is CC(=O)OC1=C(N2CCCC2=O)OC(C)(c2ccccc2Cl)C1=O.CC(=O)OC1=C(NC(=O)CCCBr)OC(C)(c2ccccc2Cl)C1=O. The molecule has 0 aromatic heterocycles. The Morgan fingerprint density at radius 2 is 1.37 bits per heavy atom. The van der Waals surface area contributed by atoms with E-state index in [4.69, 9.17) is 42.1 Å². The van der Waals surface area contributed by atoms with Crippen molar-refractivity contribution in [1.29, 1.82) is 0 Å². The van der Waals surface area contributed by atoms with Crippen LogP contribution in [-0.4, -0.2) is 52.1 Å². The van der Waals surface area contributed by atoms with Crippen LogP contribution in [-0.2, 0) is 58.9 Å². The second-order valence-electron chi connectivity index (χ2n) is 11.4. The van der Waals surface area contributed by atoms with Crippen molar-refractivity contribution < 1.29 is 47.7 Å². The lowest BCUT2D eigenvalue weighted by Crippen LogP contribution is -2.33. The first-order valence-electron chi connectivity index (χ1n) is 15.1. The van der Waals surface area contributed by atoms with Crippen molar-refractivity contribution in [2.24, 2.45) is 0 Å². The normalized spacial score (nSPS) is 21.6. The monoisotopic (exact) mass is 778 g/mol. The fourth-order valence-corrected chi connectivity index (χ4v) is 6.19. The lowest BCUT2D eigenvalue weighted by Gasteiger charge is -2.26. The van der Waals surface area contributed by atoms with Crippen molar-refractivity contribution >= 4 is 74.5 Å². The Kier molecular flexibility index (Phi) is 11.9. The van der Waals surface area contributed by atoms with Crippen LogP contribution in [0.3, 0.4) is 0 Å². The number of carbonyl (C=O) groups excluding carboxylic acids is 6. The standard InChI is InChI=1S/C17H17BrClNO5.C17H16ClNO5/c1-10(21)24-14-15(23)17(2,11-6-3-4-7-12(11)19)25-16(14)20-13(22)8-5-9-18;1-10(20)23-14-15(22)17(2,11-6-3-4-7-12(11)18)24-16(14)19-9-5-8-13(19)21/h3-4,6-7H,5,8-9H2,1-2H3,(H,20,22);3-4,6-7H,5,8-9H2,1-2H3. The molecule has 49 heavy (non-hydrogen) atoms. The quantitative estimate of drug-likeness (QED) is 0.248. The van der Waals surface area contributed by atoms with Gasteiger partial charge in [0.15, 0.2) is 0 Å². The highest BCUT2D eigenvalue weighted by molar-refractivity contribution is 9.09. The first-order valence-corrected chi connectivity index (χ1v) is 17.0. The van der Waals surface area contributed by atoms with Gasteiger partial charge in [0.05, 0.1) is 0 Å². The van der Waals surface area contributed by atoms with Gasteiger partial charge in [0.1, 0.15) is 0 Å². The predicted octanol–water partition coefficient (Wildman–Crippen LogP) is 5.69. The van der Waals surface area contributed by atoms with Crippen LogP contribution in [0.1, 0.15) is 64.5 Å². The van der Waals surface area contributed by atoms with E-state index in [2.05, 4.69) is 21.2 Å². The fourth-order valence-electron chi connectivity index (χ4n) is 5.28. The minimum Gasteiger partial charge on any atom is -0.456 e. The van der Waals surface area contributed by atoms with E-state index in [1.807, 2.05) is 0 Å². The largest absolute Gasteiger partial charge is 0.456 e. The average molecular weight is 780 g/mol.